The van der Waals surface area contributed by atoms with Gasteiger partial charge in [0.15, 0.2) is 0 Å². The second kappa shape index (κ2) is 10.2. The Labute approximate surface area is 201 Å². The molecule has 10 heteroatoms. The van der Waals surface area contributed by atoms with Gasteiger partial charge in [0.1, 0.15) is 0 Å². The molecule has 1 aromatic carbocycles. The summed E-state index contributed by atoms with van der Waals surface area (Å²) in [5.74, 6) is -0.651. The number of amides is 2. The summed E-state index contributed by atoms with van der Waals surface area (Å²) in [5, 5.41) is 5.24. The van der Waals surface area contributed by atoms with E-state index in [9.17, 15) is 27.6 Å². The SMILES string of the molecule is Cc1cc(C2CCC(N3CC(NC(=O)CNC(=O)c4cccc(C(F)(F)F)c4)C3)CC2)c[nH]c1=O. The fourth-order valence-corrected chi connectivity index (χ4v) is 4.91. The van der Waals surface area contributed by atoms with Gasteiger partial charge in [0.05, 0.1) is 18.2 Å². The van der Waals surface area contributed by atoms with Gasteiger partial charge in [0.2, 0.25) is 5.91 Å². The quantitative estimate of drug-likeness (QED) is 0.581. The Morgan fingerprint density at radius 2 is 1.83 bits per heavy atom. The van der Waals surface area contributed by atoms with E-state index in [0.29, 0.717) is 12.0 Å². The number of aryl methyl sites for hydroxylation is 1. The Kier molecular flexibility index (Phi) is 7.30. The van der Waals surface area contributed by atoms with E-state index in [-0.39, 0.29) is 29.6 Å². The van der Waals surface area contributed by atoms with Crippen LogP contribution in [-0.4, -0.2) is 53.4 Å². The molecule has 188 valence electrons. The summed E-state index contributed by atoms with van der Waals surface area (Å²) in [6, 6.07) is 6.53. The molecule has 0 spiro atoms. The third-order valence-corrected chi connectivity index (χ3v) is 6.93. The third-order valence-electron chi connectivity index (χ3n) is 6.93. The van der Waals surface area contributed by atoms with Crippen LogP contribution in [0.1, 0.15) is 58.6 Å². The molecule has 7 nitrogen and oxygen atoms in total. The molecule has 2 heterocycles. The van der Waals surface area contributed by atoms with Crippen molar-refractivity contribution in [3.05, 3.63) is 69.1 Å². The van der Waals surface area contributed by atoms with E-state index in [1.54, 1.807) is 0 Å². The lowest BCUT2D eigenvalue weighted by atomic mass is 9.80. The minimum atomic E-state index is -4.54. The molecule has 1 aliphatic carbocycles. The summed E-state index contributed by atoms with van der Waals surface area (Å²) >= 11 is 0. The van der Waals surface area contributed by atoms with Gasteiger partial charge in [0, 0.05) is 36.5 Å². The highest BCUT2D eigenvalue weighted by molar-refractivity contribution is 5.96. The first-order chi connectivity index (χ1) is 16.6. The van der Waals surface area contributed by atoms with Crippen molar-refractivity contribution in [1.82, 2.24) is 20.5 Å². The second-order valence-corrected chi connectivity index (χ2v) is 9.43. The molecule has 1 saturated heterocycles. The number of nitrogens with zero attached hydrogens (tertiary/aromatic N) is 1. The monoisotopic (exact) mass is 490 g/mol. The maximum atomic E-state index is 12.8. The zero-order chi connectivity index (χ0) is 25.2. The highest BCUT2D eigenvalue weighted by Gasteiger charge is 2.35. The number of carbonyl (C=O) groups is 2. The number of H-pyrrole nitrogens is 1. The molecule has 35 heavy (non-hydrogen) atoms. The van der Waals surface area contributed by atoms with E-state index in [1.807, 2.05) is 19.2 Å². The van der Waals surface area contributed by atoms with E-state index in [4.69, 9.17) is 0 Å². The number of carbonyl (C=O) groups excluding carboxylic acids is 2. The summed E-state index contributed by atoms with van der Waals surface area (Å²) < 4.78 is 38.4. The number of likely N-dealkylation sites (tertiary alicyclic amines) is 1. The van der Waals surface area contributed by atoms with Crippen LogP contribution in [0.15, 0.2) is 41.3 Å². The second-order valence-electron chi connectivity index (χ2n) is 9.43. The normalized spacial score (nSPS) is 21.3. The highest BCUT2D eigenvalue weighted by atomic mass is 19.4. The molecule has 0 bridgehead atoms. The smallest absolute Gasteiger partial charge is 0.349 e. The predicted octanol–water partition coefficient (Wildman–Crippen LogP) is 2.96. The Morgan fingerprint density at radius 3 is 2.49 bits per heavy atom. The fraction of sp³-hybridized carbons (Fsp3) is 0.480. The van der Waals surface area contributed by atoms with Crippen molar-refractivity contribution in [2.45, 2.75) is 56.8 Å². The standard InChI is InChI=1S/C25H29F3N4O3/c1-15-9-18(11-29-23(15)34)16-5-7-21(8-6-16)32-13-20(14-32)31-22(33)12-30-24(35)17-3-2-4-19(10-17)25(26,27)28/h2-4,9-11,16,20-21H,5-8,12-14H2,1H3,(H,29,34)(H,30,35)(H,31,33). The zero-order valence-electron chi connectivity index (χ0n) is 19.5. The number of alkyl halides is 3. The number of aromatic nitrogens is 1. The molecule has 2 aliphatic rings. The van der Waals surface area contributed by atoms with E-state index >= 15 is 0 Å². The molecule has 2 aromatic rings. The van der Waals surface area contributed by atoms with Gasteiger partial charge in [-0.25, -0.2) is 0 Å². The van der Waals surface area contributed by atoms with Crippen LogP contribution in [0, 0.1) is 6.92 Å². The van der Waals surface area contributed by atoms with Gasteiger partial charge in [-0.15, -0.1) is 0 Å². The van der Waals surface area contributed by atoms with E-state index < -0.39 is 17.6 Å². The first-order valence-electron chi connectivity index (χ1n) is 11.8. The van der Waals surface area contributed by atoms with Gasteiger partial charge in [-0.05, 0) is 68.4 Å². The van der Waals surface area contributed by atoms with Gasteiger partial charge in [0.25, 0.3) is 11.5 Å². The van der Waals surface area contributed by atoms with Crippen LogP contribution >= 0.6 is 0 Å². The lowest BCUT2D eigenvalue weighted by Crippen LogP contribution is -2.63. The number of hydrogen-bond acceptors (Lipinski definition) is 4. The number of rotatable bonds is 6. The molecule has 2 amide bonds. The summed E-state index contributed by atoms with van der Waals surface area (Å²) in [6.07, 6.45) is 1.48. The number of aromatic amines is 1. The van der Waals surface area contributed by atoms with Gasteiger partial charge >= 0.3 is 6.18 Å². The lowest BCUT2D eigenvalue weighted by molar-refractivity contribution is -0.137. The predicted molar refractivity (Wildman–Crippen MR) is 124 cm³/mol. The zero-order valence-corrected chi connectivity index (χ0v) is 19.5. The highest BCUT2D eigenvalue weighted by Crippen LogP contribution is 2.35. The van der Waals surface area contributed by atoms with Gasteiger partial charge in [-0.3, -0.25) is 19.3 Å². The van der Waals surface area contributed by atoms with Crippen LogP contribution in [0.25, 0.3) is 0 Å². The largest absolute Gasteiger partial charge is 0.416 e. The third kappa shape index (κ3) is 6.11. The Balaban J connectivity index is 1.17. The molecule has 1 aliphatic heterocycles. The minimum Gasteiger partial charge on any atom is -0.349 e. The van der Waals surface area contributed by atoms with Crippen LogP contribution in [0.3, 0.4) is 0 Å². The molecule has 1 aromatic heterocycles. The Bertz CT molecular complexity index is 1130. The summed E-state index contributed by atoms with van der Waals surface area (Å²) in [7, 11) is 0. The number of benzene rings is 1. The summed E-state index contributed by atoms with van der Waals surface area (Å²) in [4.78, 5) is 41.1. The van der Waals surface area contributed by atoms with E-state index in [0.717, 1.165) is 62.5 Å². The molecular formula is C25H29F3N4O3. The van der Waals surface area contributed by atoms with Crippen molar-refractivity contribution in [2.24, 2.45) is 0 Å². The number of nitrogens with one attached hydrogen (secondary N) is 3. The van der Waals surface area contributed by atoms with Crippen LogP contribution in [0.2, 0.25) is 0 Å². The Hall–Kier alpha value is -3.14. The number of halogens is 3. The molecule has 3 N–H and O–H groups in total. The molecule has 1 saturated carbocycles. The first-order valence-corrected chi connectivity index (χ1v) is 11.8. The van der Waals surface area contributed by atoms with Crippen molar-refractivity contribution in [1.29, 1.82) is 0 Å². The number of pyridine rings is 1. The first kappa shape index (κ1) is 25.0. The van der Waals surface area contributed by atoms with Crippen molar-refractivity contribution < 1.29 is 22.8 Å². The average Bonchev–Trinajstić information content (AvgIpc) is 2.81. The summed E-state index contributed by atoms with van der Waals surface area (Å²) in [5.41, 5.74) is 0.812. The summed E-state index contributed by atoms with van der Waals surface area (Å²) in [6.45, 7) is 3.00. The van der Waals surface area contributed by atoms with Crippen LogP contribution in [-0.2, 0) is 11.0 Å². The van der Waals surface area contributed by atoms with E-state index in [2.05, 4.69) is 20.5 Å². The van der Waals surface area contributed by atoms with Gasteiger partial charge in [-0.2, -0.15) is 13.2 Å². The van der Waals surface area contributed by atoms with Gasteiger partial charge < -0.3 is 15.6 Å². The topological polar surface area (TPSA) is 94.3 Å². The van der Waals surface area contributed by atoms with Crippen molar-refractivity contribution in [2.75, 3.05) is 19.6 Å². The minimum absolute atomic E-state index is 0.00692. The molecule has 0 atom stereocenters. The Morgan fingerprint density at radius 1 is 1.11 bits per heavy atom. The number of hydrogen-bond donors (Lipinski definition) is 3. The molecule has 4 rings (SSSR count). The lowest BCUT2D eigenvalue weighted by Gasteiger charge is -2.46. The van der Waals surface area contributed by atoms with Crippen LogP contribution < -0.4 is 16.2 Å². The van der Waals surface area contributed by atoms with Crippen molar-refractivity contribution in [3.63, 3.8) is 0 Å². The van der Waals surface area contributed by atoms with Crippen LogP contribution in [0.5, 0.6) is 0 Å². The van der Waals surface area contributed by atoms with Crippen molar-refractivity contribution >= 4 is 11.8 Å². The van der Waals surface area contributed by atoms with Crippen LogP contribution in [0.4, 0.5) is 13.2 Å². The molecule has 2 fully saturated rings. The van der Waals surface area contributed by atoms with E-state index in [1.165, 1.54) is 11.6 Å². The molecule has 0 unspecified atom stereocenters. The maximum Gasteiger partial charge on any atom is 0.416 e. The molecular weight excluding hydrogens is 461 g/mol. The van der Waals surface area contributed by atoms with Gasteiger partial charge in [-0.1, -0.05) is 6.07 Å². The average molecular weight is 491 g/mol. The maximum absolute atomic E-state index is 12.8. The fourth-order valence-electron chi connectivity index (χ4n) is 4.91. The molecule has 0 radical (unpaired) electrons. The van der Waals surface area contributed by atoms with Crippen molar-refractivity contribution in [3.8, 4) is 0 Å².